The Bertz CT molecular complexity index is 788. The summed E-state index contributed by atoms with van der Waals surface area (Å²) in [6.45, 7) is 0. The average molecular weight is 286 g/mol. The van der Waals surface area contributed by atoms with Gasteiger partial charge in [0.15, 0.2) is 0 Å². The molecule has 0 N–H and O–H groups in total. The number of benzene rings is 2. The molecule has 0 spiro atoms. The third kappa shape index (κ3) is 2.39. The van der Waals surface area contributed by atoms with Crippen LogP contribution in [-0.4, -0.2) is 6.04 Å². The van der Waals surface area contributed by atoms with Crippen molar-refractivity contribution in [2.24, 2.45) is 20.5 Å². The van der Waals surface area contributed by atoms with E-state index >= 15 is 0 Å². The third-order valence-electron chi connectivity index (χ3n) is 3.75. The van der Waals surface area contributed by atoms with Crippen LogP contribution in [0.2, 0.25) is 0 Å². The summed E-state index contributed by atoms with van der Waals surface area (Å²) in [5.41, 5.74) is 3.97. The smallest absolute Gasteiger partial charge is 0.135 e. The second-order valence-corrected chi connectivity index (χ2v) is 5.24. The first-order valence-electron chi connectivity index (χ1n) is 7.26. The lowest BCUT2D eigenvalue weighted by atomic mass is 10.1. The Morgan fingerprint density at radius 3 is 2.09 bits per heavy atom. The van der Waals surface area contributed by atoms with Gasteiger partial charge in [-0.2, -0.15) is 20.5 Å². The van der Waals surface area contributed by atoms with E-state index in [0.29, 0.717) is 0 Å². The van der Waals surface area contributed by atoms with E-state index in [0.717, 1.165) is 22.5 Å². The van der Waals surface area contributed by atoms with Gasteiger partial charge in [0.2, 0.25) is 0 Å². The van der Waals surface area contributed by atoms with E-state index < -0.39 is 0 Å². The van der Waals surface area contributed by atoms with Crippen LogP contribution in [0.3, 0.4) is 0 Å². The molecule has 4 heteroatoms. The minimum Gasteiger partial charge on any atom is -0.176 e. The molecule has 0 fully saturated rings. The predicted molar refractivity (Wildman–Crippen MR) is 85.2 cm³/mol. The normalized spacial score (nSPS) is 22.7. The lowest BCUT2D eigenvalue weighted by molar-refractivity contribution is 0.863. The van der Waals surface area contributed by atoms with Gasteiger partial charge in [-0.15, -0.1) is 0 Å². The maximum absolute atomic E-state index is 4.33. The first-order chi connectivity index (χ1) is 10.9. The summed E-state index contributed by atoms with van der Waals surface area (Å²) in [6.07, 6.45) is 4.09. The predicted octanol–water partition coefficient (Wildman–Crippen LogP) is 4.95. The molecule has 2 heterocycles. The van der Waals surface area contributed by atoms with E-state index in [1.165, 1.54) is 0 Å². The highest BCUT2D eigenvalue weighted by molar-refractivity contribution is 5.66. The van der Waals surface area contributed by atoms with Crippen LogP contribution < -0.4 is 0 Å². The zero-order chi connectivity index (χ0) is 14.8. The summed E-state index contributed by atoms with van der Waals surface area (Å²) in [5.74, 6) is 0. The van der Waals surface area contributed by atoms with E-state index in [2.05, 4.69) is 38.7 Å². The fourth-order valence-corrected chi connectivity index (χ4v) is 2.58. The van der Waals surface area contributed by atoms with Gasteiger partial charge >= 0.3 is 0 Å². The number of hydrogen-bond donors (Lipinski definition) is 0. The minimum atomic E-state index is -0.132. The second-order valence-electron chi connectivity index (χ2n) is 5.24. The van der Waals surface area contributed by atoms with Crippen LogP contribution in [0.25, 0.3) is 5.70 Å². The summed E-state index contributed by atoms with van der Waals surface area (Å²) < 4.78 is 0. The van der Waals surface area contributed by atoms with E-state index in [4.69, 9.17) is 0 Å². The van der Waals surface area contributed by atoms with Crippen LogP contribution in [0.5, 0.6) is 0 Å². The van der Waals surface area contributed by atoms with Crippen molar-refractivity contribution in [1.82, 2.24) is 0 Å². The molecule has 0 aliphatic carbocycles. The SMILES string of the molecule is C1=C(c2ccccc2)N=NC1C1=CC(c2ccccc2)N=N1. The molecule has 0 radical (unpaired) electrons. The van der Waals surface area contributed by atoms with Crippen molar-refractivity contribution in [2.75, 3.05) is 0 Å². The monoisotopic (exact) mass is 286 g/mol. The van der Waals surface area contributed by atoms with Crippen molar-refractivity contribution in [1.29, 1.82) is 0 Å². The largest absolute Gasteiger partial charge is 0.176 e. The molecule has 0 amide bonds. The molecule has 0 saturated heterocycles. The van der Waals surface area contributed by atoms with Gasteiger partial charge < -0.3 is 0 Å². The van der Waals surface area contributed by atoms with Crippen molar-refractivity contribution in [3.8, 4) is 0 Å². The van der Waals surface area contributed by atoms with Crippen molar-refractivity contribution >= 4 is 5.70 Å². The van der Waals surface area contributed by atoms with E-state index in [-0.39, 0.29) is 12.1 Å². The Morgan fingerprint density at radius 1 is 0.636 bits per heavy atom. The Balaban J connectivity index is 1.57. The second kappa shape index (κ2) is 5.48. The summed E-state index contributed by atoms with van der Waals surface area (Å²) >= 11 is 0. The van der Waals surface area contributed by atoms with Crippen LogP contribution in [0, 0.1) is 0 Å². The number of rotatable bonds is 3. The molecule has 4 rings (SSSR count). The number of azo groups is 2. The van der Waals surface area contributed by atoms with Gasteiger partial charge in [-0.1, -0.05) is 60.7 Å². The molecule has 106 valence electrons. The molecule has 2 aliphatic rings. The van der Waals surface area contributed by atoms with Crippen molar-refractivity contribution in [3.63, 3.8) is 0 Å². The zero-order valence-corrected chi connectivity index (χ0v) is 11.9. The van der Waals surface area contributed by atoms with Crippen molar-refractivity contribution in [2.45, 2.75) is 12.1 Å². The van der Waals surface area contributed by atoms with Crippen LogP contribution in [-0.2, 0) is 0 Å². The number of hydrogen-bond acceptors (Lipinski definition) is 4. The molecule has 22 heavy (non-hydrogen) atoms. The molecule has 0 aromatic heterocycles. The highest BCUT2D eigenvalue weighted by atomic mass is 15.2. The molecule has 2 aliphatic heterocycles. The molecule has 2 aromatic rings. The molecule has 2 atom stereocenters. The molecule has 4 nitrogen and oxygen atoms in total. The Hall–Kier alpha value is -2.88. The highest BCUT2D eigenvalue weighted by Gasteiger charge is 2.23. The summed E-state index contributed by atoms with van der Waals surface area (Å²) in [5, 5.41) is 17.2. The molecule has 0 saturated carbocycles. The van der Waals surface area contributed by atoms with Gasteiger partial charge in [0.05, 0.1) is 11.4 Å². The third-order valence-corrected chi connectivity index (χ3v) is 3.75. The molecular weight excluding hydrogens is 272 g/mol. The molecule has 2 unspecified atom stereocenters. The van der Waals surface area contributed by atoms with Gasteiger partial charge in [0.1, 0.15) is 12.1 Å². The standard InChI is InChI=1S/C18H14N4/c1-3-7-13(8-4-1)15-11-17(21-19-15)18-12-16(20-22-18)14-9-5-2-6-10-14/h1-12,15,18H. The van der Waals surface area contributed by atoms with Crippen LogP contribution in [0.15, 0.2) is 99.0 Å². The molecule has 2 aromatic carbocycles. The van der Waals surface area contributed by atoms with Gasteiger partial charge in [0, 0.05) is 5.56 Å². The minimum absolute atomic E-state index is 0.0134. The summed E-state index contributed by atoms with van der Waals surface area (Å²) in [6, 6.07) is 20.1. The first kappa shape index (κ1) is 12.8. The Kier molecular flexibility index (Phi) is 3.20. The van der Waals surface area contributed by atoms with E-state index in [1.54, 1.807) is 0 Å². The van der Waals surface area contributed by atoms with Crippen LogP contribution in [0.4, 0.5) is 0 Å². The quantitative estimate of drug-likeness (QED) is 0.766. The van der Waals surface area contributed by atoms with Crippen molar-refractivity contribution < 1.29 is 0 Å². The van der Waals surface area contributed by atoms with Gasteiger partial charge in [-0.05, 0) is 17.7 Å². The lowest BCUT2D eigenvalue weighted by Gasteiger charge is -2.02. The molecule has 0 bridgehead atoms. The highest BCUT2D eigenvalue weighted by Crippen LogP contribution is 2.33. The Morgan fingerprint density at radius 2 is 1.32 bits per heavy atom. The average Bonchev–Trinajstić information content (AvgIpc) is 3.26. The van der Waals surface area contributed by atoms with Gasteiger partial charge in [0.25, 0.3) is 0 Å². The Labute approximate surface area is 128 Å². The maximum atomic E-state index is 4.33. The number of nitrogens with zero attached hydrogens (tertiary/aromatic N) is 4. The van der Waals surface area contributed by atoms with Crippen LogP contribution >= 0.6 is 0 Å². The lowest BCUT2D eigenvalue weighted by Crippen LogP contribution is -1.98. The van der Waals surface area contributed by atoms with Gasteiger partial charge in [-0.25, -0.2) is 0 Å². The van der Waals surface area contributed by atoms with Crippen LogP contribution in [0.1, 0.15) is 17.2 Å². The summed E-state index contributed by atoms with van der Waals surface area (Å²) in [7, 11) is 0. The fourth-order valence-electron chi connectivity index (χ4n) is 2.58. The topological polar surface area (TPSA) is 49.4 Å². The van der Waals surface area contributed by atoms with E-state index in [9.17, 15) is 0 Å². The summed E-state index contributed by atoms with van der Waals surface area (Å²) in [4.78, 5) is 0. The first-order valence-corrected chi connectivity index (χ1v) is 7.26. The van der Waals surface area contributed by atoms with Gasteiger partial charge in [-0.3, -0.25) is 0 Å². The fraction of sp³-hybridized carbons (Fsp3) is 0.111. The van der Waals surface area contributed by atoms with E-state index in [1.807, 2.05) is 54.6 Å². The molecular formula is C18H14N4. The zero-order valence-electron chi connectivity index (χ0n) is 11.9. The maximum Gasteiger partial charge on any atom is 0.135 e. The van der Waals surface area contributed by atoms with Crippen molar-refractivity contribution in [3.05, 3.63) is 89.6 Å².